The lowest BCUT2D eigenvalue weighted by Gasteiger charge is -2.41. The third-order valence-corrected chi connectivity index (χ3v) is 4.66. The van der Waals surface area contributed by atoms with Gasteiger partial charge in [-0.05, 0) is 31.2 Å². The number of nitrogens with zero attached hydrogens (tertiary/aromatic N) is 1. The molecule has 0 aliphatic carbocycles. The van der Waals surface area contributed by atoms with Gasteiger partial charge in [0.25, 0.3) is 0 Å². The highest BCUT2D eigenvalue weighted by atomic mass is 32.1. The first-order valence-electron chi connectivity index (χ1n) is 7.21. The summed E-state index contributed by atoms with van der Waals surface area (Å²) < 4.78 is 14.4. The van der Waals surface area contributed by atoms with Crippen molar-refractivity contribution in [1.82, 2.24) is 4.90 Å². The molecule has 3 unspecified atom stereocenters. The summed E-state index contributed by atoms with van der Waals surface area (Å²) in [4.78, 5) is 2.48. The molecule has 4 heteroatoms. The lowest BCUT2D eigenvalue weighted by molar-refractivity contribution is 0.0720. The van der Waals surface area contributed by atoms with E-state index in [0.717, 1.165) is 6.54 Å². The summed E-state index contributed by atoms with van der Waals surface area (Å²) in [6, 6.07) is 5.77. The van der Waals surface area contributed by atoms with Crippen LogP contribution >= 0.6 is 12.2 Å². The van der Waals surface area contributed by atoms with Crippen LogP contribution in [-0.4, -0.2) is 22.5 Å². The van der Waals surface area contributed by atoms with Gasteiger partial charge in [-0.15, -0.1) is 0 Å². The number of rotatable bonds is 3. The summed E-state index contributed by atoms with van der Waals surface area (Å²) in [6.07, 6.45) is 1.24. The normalized spacial score (nSPS) is 27.5. The summed E-state index contributed by atoms with van der Waals surface area (Å²) >= 11 is 4.90. The molecule has 1 aromatic carbocycles. The van der Waals surface area contributed by atoms with Crippen molar-refractivity contribution < 1.29 is 4.39 Å². The number of likely N-dealkylation sites (tertiary alicyclic amines) is 1. The van der Waals surface area contributed by atoms with Crippen LogP contribution in [0.1, 0.15) is 38.3 Å². The van der Waals surface area contributed by atoms with E-state index in [4.69, 9.17) is 18.0 Å². The number of hydrogen-bond acceptors (Lipinski definition) is 2. The van der Waals surface area contributed by atoms with Crippen LogP contribution in [0.3, 0.4) is 0 Å². The van der Waals surface area contributed by atoms with Crippen LogP contribution < -0.4 is 5.73 Å². The van der Waals surface area contributed by atoms with E-state index in [9.17, 15) is 4.39 Å². The molecule has 1 aliphatic rings. The Balaban J connectivity index is 2.21. The fourth-order valence-electron chi connectivity index (χ4n) is 3.15. The maximum Gasteiger partial charge on any atom is 0.137 e. The predicted octanol–water partition coefficient (Wildman–Crippen LogP) is 3.33. The second-order valence-corrected chi connectivity index (χ2v) is 6.57. The number of benzene rings is 1. The van der Waals surface area contributed by atoms with Crippen LogP contribution in [-0.2, 0) is 6.54 Å². The van der Waals surface area contributed by atoms with Gasteiger partial charge in [-0.3, -0.25) is 4.90 Å². The van der Waals surface area contributed by atoms with Gasteiger partial charge < -0.3 is 5.73 Å². The SMILES string of the molecule is CC1CC(C)C(C)N(Cc2cccc(C(N)=S)c2F)C1. The summed E-state index contributed by atoms with van der Waals surface area (Å²) in [5.74, 6) is 1.03. The molecule has 1 aromatic rings. The second-order valence-electron chi connectivity index (χ2n) is 6.13. The van der Waals surface area contributed by atoms with Gasteiger partial charge in [0.1, 0.15) is 10.8 Å². The Kier molecular flexibility index (Phi) is 4.76. The largest absolute Gasteiger partial charge is 0.389 e. The van der Waals surface area contributed by atoms with Crippen molar-refractivity contribution in [2.45, 2.75) is 39.8 Å². The molecule has 2 N–H and O–H groups in total. The molecule has 1 saturated heterocycles. The fraction of sp³-hybridized carbons (Fsp3) is 0.562. The van der Waals surface area contributed by atoms with E-state index in [1.54, 1.807) is 6.07 Å². The zero-order valence-electron chi connectivity index (χ0n) is 12.4. The van der Waals surface area contributed by atoms with Gasteiger partial charge in [-0.2, -0.15) is 0 Å². The quantitative estimate of drug-likeness (QED) is 0.867. The lowest BCUT2D eigenvalue weighted by atomic mass is 9.85. The molecule has 1 heterocycles. The molecule has 0 aromatic heterocycles. The Bertz CT molecular complexity index is 503. The Hall–Kier alpha value is -1.00. The number of hydrogen-bond donors (Lipinski definition) is 1. The van der Waals surface area contributed by atoms with Crippen molar-refractivity contribution in [3.8, 4) is 0 Å². The number of halogens is 1. The molecular weight excluding hydrogens is 271 g/mol. The second kappa shape index (κ2) is 6.19. The number of thiocarbonyl (C=S) groups is 1. The van der Waals surface area contributed by atoms with Crippen molar-refractivity contribution in [3.05, 3.63) is 35.1 Å². The van der Waals surface area contributed by atoms with Gasteiger partial charge in [0.15, 0.2) is 0 Å². The molecular formula is C16H23FN2S. The lowest BCUT2D eigenvalue weighted by Crippen LogP contribution is -2.45. The standard InChI is InChI=1S/C16H23FN2S/c1-10-7-11(2)12(3)19(8-10)9-13-5-4-6-14(15(13)17)16(18)20/h4-6,10-12H,7-9H2,1-3H3,(H2,18,20). The smallest absolute Gasteiger partial charge is 0.137 e. The molecule has 0 bridgehead atoms. The highest BCUT2D eigenvalue weighted by Gasteiger charge is 2.29. The van der Waals surface area contributed by atoms with Gasteiger partial charge in [0.2, 0.25) is 0 Å². The minimum Gasteiger partial charge on any atom is -0.389 e. The van der Waals surface area contributed by atoms with Crippen LogP contribution in [0.5, 0.6) is 0 Å². The van der Waals surface area contributed by atoms with E-state index >= 15 is 0 Å². The first-order valence-corrected chi connectivity index (χ1v) is 7.62. The third-order valence-electron chi connectivity index (χ3n) is 4.44. The highest BCUT2D eigenvalue weighted by Crippen LogP contribution is 2.28. The van der Waals surface area contributed by atoms with E-state index < -0.39 is 0 Å². The number of piperidine rings is 1. The fourth-order valence-corrected chi connectivity index (χ4v) is 3.31. The molecule has 2 nitrogen and oxygen atoms in total. The summed E-state index contributed by atoms with van der Waals surface area (Å²) in [6.45, 7) is 8.40. The van der Waals surface area contributed by atoms with Crippen LogP contribution in [0, 0.1) is 17.7 Å². The van der Waals surface area contributed by atoms with Gasteiger partial charge in [-0.25, -0.2) is 4.39 Å². The zero-order valence-corrected chi connectivity index (χ0v) is 13.2. The van der Waals surface area contributed by atoms with Gasteiger partial charge in [0, 0.05) is 30.3 Å². The predicted molar refractivity (Wildman–Crippen MR) is 85.1 cm³/mol. The van der Waals surface area contributed by atoms with Gasteiger partial charge in [0.05, 0.1) is 0 Å². The van der Waals surface area contributed by atoms with Gasteiger partial charge in [-0.1, -0.05) is 38.2 Å². The maximum atomic E-state index is 14.4. The monoisotopic (exact) mass is 294 g/mol. The summed E-state index contributed by atoms with van der Waals surface area (Å²) in [5.41, 5.74) is 6.60. The summed E-state index contributed by atoms with van der Waals surface area (Å²) in [5, 5.41) is 0. The zero-order chi connectivity index (χ0) is 14.9. The Morgan fingerprint density at radius 2 is 2.10 bits per heavy atom. The first-order chi connectivity index (χ1) is 9.40. The average molecular weight is 294 g/mol. The molecule has 1 aliphatic heterocycles. The van der Waals surface area contributed by atoms with Crippen LogP contribution in [0.4, 0.5) is 4.39 Å². The maximum absolute atomic E-state index is 14.4. The molecule has 20 heavy (non-hydrogen) atoms. The molecule has 110 valence electrons. The van der Waals surface area contributed by atoms with E-state index in [-0.39, 0.29) is 10.8 Å². The minimum atomic E-state index is -0.266. The van der Waals surface area contributed by atoms with Crippen molar-refractivity contribution in [2.75, 3.05) is 6.54 Å². The van der Waals surface area contributed by atoms with E-state index in [0.29, 0.717) is 35.5 Å². The number of nitrogens with two attached hydrogens (primary N) is 1. The molecule has 3 atom stereocenters. The van der Waals surface area contributed by atoms with Crippen LogP contribution in [0.2, 0.25) is 0 Å². The van der Waals surface area contributed by atoms with E-state index in [2.05, 4.69) is 25.7 Å². The van der Waals surface area contributed by atoms with E-state index in [1.807, 2.05) is 12.1 Å². The molecule has 0 radical (unpaired) electrons. The van der Waals surface area contributed by atoms with Crippen LogP contribution in [0.15, 0.2) is 18.2 Å². The molecule has 0 saturated carbocycles. The average Bonchev–Trinajstić information content (AvgIpc) is 2.37. The Labute approximate surface area is 126 Å². The molecule has 0 amide bonds. The van der Waals surface area contributed by atoms with Crippen molar-refractivity contribution in [2.24, 2.45) is 17.6 Å². The molecule has 2 rings (SSSR count). The Morgan fingerprint density at radius 1 is 1.40 bits per heavy atom. The first kappa shape index (κ1) is 15.4. The van der Waals surface area contributed by atoms with Crippen LogP contribution in [0.25, 0.3) is 0 Å². The molecule has 1 fully saturated rings. The topological polar surface area (TPSA) is 29.3 Å². The molecule has 0 spiro atoms. The van der Waals surface area contributed by atoms with Gasteiger partial charge >= 0.3 is 0 Å². The Morgan fingerprint density at radius 3 is 2.75 bits per heavy atom. The minimum absolute atomic E-state index is 0.123. The highest BCUT2D eigenvalue weighted by molar-refractivity contribution is 7.80. The van der Waals surface area contributed by atoms with Crippen molar-refractivity contribution in [3.63, 3.8) is 0 Å². The van der Waals surface area contributed by atoms with E-state index in [1.165, 1.54) is 6.42 Å². The van der Waals surface area contributed by atoms with Crippen molar-refractivity contribution in [1.29, 1.82) is 0 Å². The summed E-state index contributed by atoms with van der Waals surface area (Å²) in [7, 11) is 0. The van der Waals surface area contributed by atoms with Crippen molar-refractivity contribution >= 4 is 17.2 Å². The third kappa shape index (κ3) is 3.18.